The van der Waals surface area contributed by atoms with Gasteiger partial charge in [0.1, 0.15) is 12.4 Å². The van der Waals surface area contributed by atoms with Crippen LogP contribution in [0.1, 0.15) is 29.2 Å². The van der Waals surface area contributed by atoms with Crippen molar-refractivity contribution in [2.45, 2.75) is 26.9 Å². The molecule has 2 N–H and O–H groups in total. The fourth-order valence-electron chi connectivity index (χ4n) is 2.76. The lowest BCUT2D eigenvalue weighted by Gasteiger charge is -2.07. The molecule has 0 saturated heterocycles. The number of amides is 2. The summed E-state index contributed by atoms with van der Waals surface area (Å²) < 4.78 is 5.81. The Morgan fingerprint density at radius 2 is 1.65 bits per heavy atom. The van der Waals surface area contributed by atoms with Crippen molar-refractivity contribution >= 4 is 23.7 Å². The number of nitrogens with one attached hydrogen (secondary N) is 2. The number of hydrogen-bond donors (Lipinski definition) is 2. The highest BCUT2D eigenvalue weighted by molar-refractivity contribution is 6.39. The van der Waals surface area contributed by atoms with Crippen molar-refractivity contribution in [1.29, 1.82) is 0 Å². The van der Waals surface area contributed by atoms with Crippen LogP contribution in [0.5, 0.6) is 5.75 Å². The molecule has 0 spiro atoms. The van der Waals surface area contributed by atoms with E-state index in [0.29, 0.717) is 18.0 Å². The Bertz CT molecular complexity index is 1060. The van der Waals surface area contributed by atoms with Gasteiger partial charge in [-0.1, -0.05) is 61.0 Å². The Morgan fingerprint density at radius 3 is 2.35 bits per heavy atom. The first-order valence-corrected chi connectivity index (χ1v) is 10.0. The molecule has 31 heavy (non-hydrogen) atoms. The number of rotatable bonds is 7. The number of nitrogens with zero attached hydrogens (tertiary/aromatic N) is 1. The van der Waals surface area contributed by atoms with Crippen molar-refractivity contribution in [1.82, 2.24) is 5.43 Å². The summed E-state index contributed by atoms with van der Waals surface area (Å²) in [6, 6.07) is 22.8. The van der Waals surface area contributed by atoms with E-state index in [4.69, 9.17) is 4.74 Å². The number of carbonyl (C=O) groups excluding carboxylic acids is 2. The lowest BCUT2D eigenvalue weighted by atomic mass is 10.1. The molecule has 0 fully saturated rings. The van der Waals surface area contributed by atoms with Gasteiger partial charge < -0.3 is 10.1 Å². The molecule has 3 aromatic carbocycles. The zero-order chi connectivity index (χ0) is 22.1. The summed E-state index contributed by atoms with van der Waals surface area (Å²) in [7, 11) is 0. The van der Waals surface area contributed by atoms with Gasteiger partial charge in [0.2, 0.25) is 0 Å². The van der Waals surface area contributed by atoms with Crippen LogP contribution >= 0.6 is 0 Å². The van der Waals surface area contributed by atoms with Crippen molar-refractivity contribution in [2.75, 3.05) is 5.32 Å². The predicted molar refractivity (Wildman–Crippen MR) is 122 cm³/mol. The Morgan fingerprint density at radius 1 is 0.935 bits per heavy atom. The van der Waals surface area contributed by atoms with Crippen LogP contribution in [0, 0.1) is 6.92 Å². The molecule has 0 radical (unpaired) electrons. The maximum Gasteiger partial charge on any atom is 0.329 e. The summed E-state index contributed by atoms with van der Waals surface area (Å²) in [5, 5.41) is 6.40. The number of hydrogen-bond acceptors (Lipinski definition) is 4. The van der Waals surface area contributed by atoms with Gasteiger partial charge in [0, 0.05) is 5.69 Å². The molecule has 0 unspecified atom stereocenters. The van der Waals surface area contributed by atoms with E-state index < -0.39 is 11.8 Å². The molecule has 0 aromatic heterocycles. The monoisotopic (exact) mass is 415 g/mol. The molecular weight excluding hydrogens is 390 g/mol. The van der Waals surface area contributed by atoms with E-state index in [2.05, 4.69) is 15.8 Å². The van der Waals surface area contributed by atoms with Gasteiger partial charge in [-0.3, -0.25) is 9.59 Å². The van der Waals surface area contributed by atoms with Gasteiger partial charge in [-0.25, -0.2) is 5.43 Å². The van der Waals surface area contributed by atoms with Gasteiger partial charge in [0.15, 0.2) is 0 Å². The summed E-state index contributed by atoms with van der Waals surface area (Å²) in [5.74, 6) is -0.941. The lowest BCUT2D eigenvalue weighted by molar-refractivity contribution is -0.136. The molecule has 0 saturated carbocycles. The lowest BCUT2D eigenvalue weighted by Crippen LogP contribution is -2.32. The van der Waals surface area contributed by atoms with Crippen LogP contribution in [-0.2, 0) is 22.6 Å². The Balaban J connectivity index is 1.50. The Kier molecular flexibility index (Phi) is 7.54. The maximum absolute atomic E-state index is 12.0. The molecule has 3 rings (SSSR count). The van der Waals surface area contributed by atoms with E-state index in [-0.39, 0.29) is 0 Å². The van der Waals surface area contributed by atoms with Gasteiger partial charge in [-0.05, 0) is 54.3 Å². The maximum atomic E-state index is 12.0. The molecule has 0 atom stereocenters. The molecule has 0 aliphatic rings. The Labute approximate surface area is 182 Å². The van der Waals surface area contributed by atoms with Crippen molar-refractivity contribution in [3.8, 4) is 5.75 Å². The van der Waals surface area contributed by atoms with E-state index in [1.807, 2.05) is 68.4 Å². The van der Waals surface area contributed by atoms with Crippen LogP contribution in [0.2, 0.25) is 0 Å². The fourth-order valence-corrected chi connectivity index (χ4v) is 2.76. The predicted octanol–water partition coefficient (Wildman–Crippen LogP) is 4.23. The van der Waals surface area contributed by atoms with Crippen molar-refractivity contribution in [3.05, 3.63) is 95.1 Å². The molecule has 0 aliphatic carbocycles. The van der Waals surface area contributed by atoms with Gasteiger partial charge in [0.25, 0.3) is 0 Å². The topological polar surface area (TPSA) is 79.8 Å². The number of ether oxygens (including phenoxy) is 1. The molecule has 6 nitrogen and oxygen atoms in total. The molecule has 0 bridgehead atoms. The number of hydrazone groups is 1. The zero-order valence-corrected chi connectivity index (χ0v) is 17.6. The number of benzene rings is 3. The number of anilines is 1. The van der Waals surface area contributed by atoms with E-state index in [0.717, 1.165) is 23.1 Å². The summed E-state index contributed by atoms with van der Waals surface area (Å²) in [6.07, 6.45) is 2.36. The fraction of sp³-hybridized carbons (Fsp3) is 0.160. The van der Waals surface area contributed by atoms with Crippen molar-refractivity contribution in [3.63, 3.8) is 0 Å². The van der Waals surface area contributed by atoms with Crippen LogP contribution in [-0.4, -0.2) is 18.0 Å². The Hall–Kier alpha value is -3.93. The minimum Gasteiger partial charge on any atom is -0.489 e. The first-order chi connectivity index (χ1) is 15.0. The summed E-state index contributed by atoms with van der Waals surface area (Å²) in [6.45, 7) is 4.54. The highest BCUT2D eigenvalue weighted by Gasteiger charge is 2.12. The first-order valence-electron chi connectivity index (χ1n) is 10.0. The molecule has 0 heterocycles. The summed E-state index contributed by atoms with van der Waals surface area (Å²) in [5.41, 5.74) is 6.95. The molecule has 3 aromatic rings. The average Bonchev–Trinajstić information content (AvgIpc) is 2.79. The largest absolute Gasteiger partial charge is 0.489 e. The zero-order valence-electron chi connectivity index (χ0n) is 17.6. The van der Waals surface area contributed by atoms with Crippen LogP contribution in [0.25, 0.3) is 0 Å². The quantitative estimate of drug-likeness (QED) is 0.344. The van der Waals surface area contributed by atoms with E-state index in [1.165, 1.54) is 11.8 Å². The van der Waals surface area contributed by atoms with Gasteiger partial charge in [-0.2, -0.15) is 5.10 Å². The number of aryl methyl sites for hydroxylation is 2. The van der Waals surface area contributed by atoms with Gasteiger partial charge >= 0.3 is 11.8 Å². The van der Waals surface area contributed by atoms with Crippen LogP contribution in [0.4, 0.5) is 5.69 Å². The van der Waals surface area contributed by atoms with Crippen molar-refractivity contribution < 1.29 is 14.3 Å². The average molecular weight is 415 g/mol. The summed E-state index contributed by atoms with van der Waals surface area (Å²) >= 11 is 0. The van der Waals surface area contributed by atoms with Crippen LogP contribution in [0.3, 0.4) is 0 Å². The van der Waals surface area contributed by atoms with Gasteiger partial charge in [-0.15, -0.1) is 0 Å². The summed E-state index contributed by atoms with van der Waals surface area (Å²) in [4.78, 5) is 23.9. The molecule has 158 valence electrons. The number of carbonyl (C=O) groups is 2. The second-order valence-corrected chi connectivity index (χ2v) is 7.05. The van der Waals surface area contributed by atoms with Crippen LogP contribution < -0.4 is 15.5 Å². The highest BCUT2D eigenvalue weighted by Crippen LogP contribution is 2.15. The minimum absolute atomic E-state index is 0.455. The second-order valence-electron chi connectivity index (χ2n) is 7.05. The van der Waals surface area contributed by atoms with E-state index in [9.17, 15) is 9.59 Å². The highest BCUT2D eigenvalue weighted by atomic mass is 16.5. The van der Waals surface area contributed by atoms with E-state index >= 15 is 0 Å². The SMILES string of the molecule is CCc1ccc(NC(=O)C(=O)N/N=C\c2cccc(OCc3ccc(C)cc3)c2)cc1. The molecule has 6 heteroatoms. The molecule has 0 aliphatic heterocycles. The second kappa shape index (κ2) is 10.7. The first kappa shape index (κ1) is 21.8. The smallest absolute Gasteiger partial charge is 0.329 e. The molecular formula is C25H25N3O3. The molecule has 2 amide bonds. The minimum atomic E-state index is -0.845. The van der Waals surface area contributed by atoms with E-state index in [1.54, 1.807) is 18.2 Å². The third-order valence-corrected chi connectivity index (χ3v) is 4.59. The third-order valence-electron chi connectivity index (χ3n) is 4.59. The van der Waals surface area contributed by atoms with Crippen LogP contribution in [0.15, 0.2) is 77.9 Å². The standard InChI is InChI=1S/C25H25N3O3/c1-3-19-11-13-22(14-12-19)27-24(29)25(30)28-26-16-21-5-4-6-23(15-21)31-17-20-9-7-18(2)8-10-20/h4-16H,3,17H2,1-2H3,(H,27,29)(H,28,30)/b26-16-. The third kappa shape index (κ3) is 6.82. The van der Waals surface area contributed by atoms with Crippen molar-refractivity contribution in [2.24, 2.45) is 5.10 Å². The normalized spacial score (nSPS) is 10.6. The van der Waals surface area contributed by atoms with Gasteiger partial charge in [0.05, 0.1) is 6.21 Å².